The summed E-state index contributed by atoms with van der Waals surface area (Å²) in [5.74, 6) is -0.422. The quantitative estimate of drug-likeness (QED) is 0.761. The second-order valence-electron chi connectivity index (χ2n) is 5.73. The number of carbonyl (C=O) groups is 2. The molecule has 5 nitrogen and oxygen atoms in total. The Hall–Kier alpha value is -1.88. The van der Waals surface area contributed by atoms with Crippen molar-refractivity contribution >= 4 is 11.9 Å². The highest BCUT2D eigenvalue weighted by Gasteiger charge is 2.14. The maximum absolute atomic E-state index is 12.3. The second-order valence-corrected chi connectivity index (χ2v) is 5.73. The molecule has 0 aliphatic rings. The lowest BCUT2D eigenvalue weighted by Crippen LogP contribution is -2.36. The van der Waals surface area contributed by atoms with E-state index in [9.17, 15) is 9.59 Å². The molecule has 1 N–H and O–H groups in total. The standard InChI is InChI=1S/C17H25NO4/c1-13(2)12-18(10-11-22-3)16(19)9-6-14-4-7-15(8-5-14)17(20)21/h4-5,7-8,13H,6,9-12H2,1-3H3,(H,20,21). The molecule has 0 saturated carbocycles. The van der Waals surface area contributed by atoms with Crippen molar-refractivity contribution in [2.75, 3.05) is 26.8 Å². The summed E-state index contributed by atoms with van der Waals surface area (Å²) in [6.45, 7) is 6.02. The van der Waals surface area contributed by atoms with Gasteiger partial charge in [-0.2, -0.15) is 0 Å². The molecule has 122 valence electrons. The zero-order valence-corrected chi connectivity index (χ0v) is 13.5. The van der Waals surface area contributed by atoms with E-state index in [-0.39, 0.29) is 11.5 Å². The van der Waals surface area contributed by atoms with Crippen molar-refractivity contribution in [3.05, 3.63) is 35.4 Å². The Balaban J connectivity index is 2.55. The first kappa shape index (κ1) is 18.2. The van der Waals surface area contributed by atoms with Crippen molar-refractivity contribution in [3.8, 4) is 0 Å². The third kappa shape index (κ3) is 6.26. The summed E-state index contributed by atoms with van der Waals surface area (Å²) in [5, 5.41) is 8.86. The predicted octanol–water partition coefficient (Wildman–Crippen LogP) is 2.45. The molecule has 1 aromatic carbocycles. The van der Waals surface area contributed by atoms with Gasteiger partial charge in [0, 0.05) is 26.6 Å². The van der Waals surface area contributed by atoms with E-state index in [2.05, 4.69) is 13.8 Å². The number of hydrogen-bond acceptors (Lipinski definition) is 3. The smallest absolute Gasteiger partial charge is 0.335 e. The average molecular weight is 307 g/mol. The van der Waals surface area contributed by atoms with E-state index in [1.54, 1.807) is 31.4 Å². The van der Waals surface area contributed by atoms with Crippen molar-refractivity contribution in [1.82, 2.24) is 4.90 Å². The number of hydrogen-bond donors (Lipinski definition) is 1. The van der Waals surface area contributed by atoms with Crippen LogP contribution in [0.15, 0.2) is 24.3 Å². The first-order valence-electron chi connectivity index (χ1n) is 7.53. The zero-order valence-electron chi connectivity index (χ0n) is 13.5. The van der Waals surface area contributed by atoms with E-state index < -0.39 is 5.97 Å². The fourth-order valence-electron chi connectivity index (χ4n) is 2.18. The molecule has 0 aromatic heterocycles. The fraction of sp³-hybridized carbons (Fsp3) is 0.529. The monoisotopic (exact) mass is 307 g/mol. The molecule has 0 bridgehead atoms. The van der Waals surface area contributed by atoms with Crippen LogP contribution in [0.3, 0.4) is 0 Å². The molecule has 0 saturated heterocycles. The first-order chi connectivity index (χ1) is 10.4. The number of carboxylic acid groups (broad SMARTS) is 1. The van der Waals surface area contributed by atoms with Gasteiger partial charge in [0.05, 0.1) is 12.2 Å². The second kappa shape index (κ2) is 9.20. The summed E-state index contributed by atoms with van der Waals surface area (Å²) in [6, 6.07) is 6.66. The van der Waals surface area contributed by atoms with Crippen LogP contribution in [0.5, 0.6) is 0 Å². The SMILES string of the molecule is COCCN(CC(C)C)C(=O)CCc1ccc(C(=O)O)cc1. The van der Waals surface area contributed by atoms with Crippen molar-refractivity contribution < 1.29 is 19.4 Å². The van der Waals surface area contributed by atoms with Gasteiger partial charge in [-0.3, -0.25) is 4.79 Å². The lowest BCUT2D eigenvalue weighted by Gasteiger charge is -2.24. The van der Waals surface area contributed by atoms with Crippen molar-refractivity contribution in [2.24, 2.45) is 5.92 Å². The topological polar surface area (TPSA) is 66.8 Å². The van der Waals surface area contributed by atoms with Crippen molar-refractivity contribution in [1.29, 1.82) is 0 Å². The molecule has 1 aromatic rings. The van der Waals surface area contributed by atoms with E-state index in [1.807, 2.05) is 4.90 Å². The maximum Gasteiger partial charge on any atom is 0.335 e. The Morgan fingerprint density at radius 1 is 1.23 bits per heavy atom. The molecule has 0 heterocycles. The summed E-state index contributed by atoms with van der Waals surface area (Å²) < 4.78 is 5.05. The van der Waals surface area contributed by atoms with Gasteiger partial charge in [-0.15, -0.1) is 0 Å². The minimum atomic E-state index is -0.940. The van der Waals surface area contributed by atoms with E-state index in [0.717, 1.165) is 12.1 Å². The molecular weight excluding hydrogens is 282 g/mol. The fourth-order valence-corrected chi connectivity index (χ4v) is 2.18. The lowest BCUT2D eigenvalue weighted by atomic mass is 10.1. The van der Waals surface area contributed by atoms with Crippen LogP contribution in [0.1, 0.15) is 36.2 Å². The number of benzene rings is 1. The number of ether oxygens (including phenoxy) is 1. The molecule has 0 aliphatic heterocycles. The average Bonchev–Trinajstić information content (AvgIpc) is 2.49. The zero-order chi connectivity index (χ0) is 16.5. The summed E-state index contributed by atoms with van der Waals surface area (Å²) in [5.41, 5.74) is 1.23. The van der Waals surface area contributed by atoms with Crippen LogP contribution in [-0.4, -0.2) is 48.7 Å². The van der Waals surface area contributed by atoms with Crippen LogP contribution < -0.4 is 0 Å². The Bertz CT molecular complexity index is 482. The maximum atomic E-state index is 12.3. The molecule has 1 amide bonds. The lowest BCUT2D eigenvalue weighted by molar-refractivity contribution is -0.132. The van der Waals surface area contributed by atoms with Crippen LogP contribution in [0.2, 0.25) is 0 Å². The van der Waals surface area contributed by atoms with Gasteiger partial charge in [0.2, 0.25) is 5.91 Å². The summed E-state index contributed by atoms with van der Waals surface area (Å²) in [4.78, 5) is 24.9. The molecular formula is C17H25NO4. The number of nitrogens with zero attached hydrogens (tertiary/aromatic N) is 1. The van der Waals surface area contributed by atoms with Crippen LogP contribution in [0.4, 0.5) is 0 Å². The van der Waals surface area contributed by atoms with Crippen LogP contribution in [0, 0.1) is 5.92 Å². The number of carboxylic acids is 1. The summed E-state index contributed by atoms with van der Waals surface area (Å²) >= 11 is 0. The third-order valence-corrected chi connectivity index (χ3v) is 3.33. The molecule has 5 heteroatoms. The Kier molecular flexibility index (Phi) is 7.60. The molecule has 0 unspecified atom stereocenters. The Morgan fingerprint density at radius 2 is 1.86 bits per heavy atom. The highest BCUT2D eigenvalue weighted by atomic mass is 16.5. The number of carbonyl (C=O) groups excluding carboxylic acids is 1. The van der Waals surface area contributed by atoms with Gasteiger partial charge >= 0.3 is 5.97 Å². The highest BCUT2D eigenvalue weighted by Crippen LogP contribution is 2.09. The van der Waals surface area contributed by atoms with Gasteiger partial charge in [-0.1, -0.05) is 26.0 Å². The highest BCUT2D eigenvalue weighted by molar-refractivity contribution is 5.87. The number of aryl methyl sites for hydroxylation is 1. The minimum absolute atomic E-state index is 0.105. The number of rotatable bonds is 9. The first-order valence-corrected chi connectivity index (χ1v) is 7.53. The Morgan fingerprint density at radius 3 is 2.36 bits per heavy atom. The van der Waals surface area contributed by atoms with E-state index >= 15 is 0 Å². The van der Waals surface area contributed by atoms with Crippen molar-refractivity contribution in [3.63, 3.8) is 0 Å². The van der Waals surface area contributed by atoms with E-state index in [4.69, 9.17) is 9.84 Å². The van der Waals surface area contributed by atoms with Crippen molar-refractivity contribution in [2.45, 2.75) is 26.7 Å². The van der Waals surface area contributed by atoms with E-state index in [0.29, 0.717) is 31.9 Å². The van der Waals surface area contributed by atoms with Gasteiger partial charge in [0.1, 0.15) is 0 Å². The van der Waals surface area contributed by atoms with Gasteiger partial charge in [-0.25, -0.2) is 4.79 Å². The Labute approximate surface area is 131 Å². The van der Waals surface area contributed by atoms with Crippen LogP contribution in [-0.2, 0) is 16.0 Å². The minimum Gasteiger partial charge on any atom is -0.478 e. The van der Waals surface area contributed by atoms with Gasteiger partial charge < -0.3 is 14.7 Å². The number of methoxy groups -OCH3 is 1. The van der Waals surface area contributed by atoms with Crippen LogP contribution in [0.25, 0.3) is 0 Å². The van der Waals surface area contributed by atoms with Gasteiger partial charge in [0.25, 0.3) is 0 Å². The summed E-state index contributed by atoms with van der Waals surface area (Å²) in [7, 11) is 1.63. The summed E-state index contributed by atoms with van der Waals surface area (Å²) in [6.07, 6.45) is 1.03. The molecule has 0 spiro atoms. The molecule has 0 fully saturated rings. The van der Waals surface area contributed by atoms with Gasteiger partial charge in [-0.05, 0) is 30.0 Å². The largest absolute Gasteiger partial charge is 0.478 e. The number of aromatic carboxylic acids is 1. The molecule has 1 rings (SSSR count). The predicted molar refractivity (Wildman–Crippen MR) is 85.0 cm³/mol. The third-order valence-electron chi connectivity index (χ3n) is 3.33. The molecule has 0 aliphatic carbocycles. The molecule has 0 atom stereocenters. The molecule has 0 radical (unpaired) electrons. The molecule has 22 heavy (non-hydrogen) atoms. The van der Waals surface area contributed by atoms with Crippen LogP contribution >= 0.6 is 0 Å². The normalized spacial score (nSPS) is 10.7. The number of amides is 1. The van der Waals surface area contributed by atoms with E-state index in [1.165, 1.54) is 0 Å². The van der Waals surface area contributed by atoms with Gasteiger partial charge in [0.15, 0.2) is 0 Å².